The summed E-state index contributed by atoms with van der Waals surface area (Å²) in [4.78, 5) is 11.4. The molecule has 0 fully saturated rings. The standard InChI is InChI=1S/C12H14F2O4S/c1-3-18-12(16)9(15)11(19)6-4-5-7(13)8(14)10(6)17-2/h4-5,9,11,15,19H,3H2,1-2H3/t9-,11+/m1/s1. The fraction of sp³-hybridized carbons (Fsp3) is 0.417. The Bertz CT molecular complexity index is 467. The molecule has 106 valence electrons. The molecule has 1 rings (SSSR count). The van der Waals surface area contributed by atoms with Crippen molar-refractivity contribution in [2.45, 2.75) is 18.3 Å². The summed E-state index contributed by atoms with van der Waals surface area (Å²) in [7, 11) is 1.15. The number of carbonyl (C=O) groups is 1. The molecule has 2 atom stereocenters. The van der Waals surface area contributed by atoms with E-state index in [0.717, 1.165) is 13.2 Å². The third kappa shape index (κ3) is 3.36. The number of ether oxygens (including phenoxy) is 2. The lowest BCUT2D eigenvalue weighted by atomic mass is 10.1. The summed E-state index contributed by atoms with van der Waals surface area (Å²) in [5.74, 6) is -3.58. The molecule has 19 heavy (non-hydrogen) atoms. The first-order valence-corrected chi connectivity index (χ1v) is 6.00. The van der Waals surface area contributed by atoms with Crippen LogP contribution in [-0.4, -0.2) is 30.9 Å². The minimum atomic E-state index is -1.61. The summed E-state index contributed by atoms with van der Waals surface area (Å²) >= 11 is 4.03. The van der Waals surface area contributed by atoms with Gasteiger partial charge in [0.2, 0.25) is 5.82 Å². The van der Waals surface area contributed by atoms with E-state index in [9.17, 15) is 18.7 Å². The van der Waals surface area contributed by atoms with Gasteiger partial charge < -0.3 is 14.6 Å². The molecule has 0 unspecified atom stereocenters. The fourth-order valence-electron chi connectivity index (χ4n) is 1.51. The van der Waals surface area contributed by atoms with Crippen LogP contribution < -0.4 is 4.74 Å². The largest absolute Gasteiger partial charge is 0.493 e. The molecular formula is C12H14F2O4S. The van der Waals surface area contributed by atoms with E-state index < -0.39 is 34.7 Å². The van der Waals surface area contributed by atoms with Gasteiger partial charge in [-0.25, -0.2) is 9.18 Å². The van der Waals surface area contributed by atoms with E-state index in [0.29, 0.717) is 0 Å². The van der Waals surface area contributed by atoms with E-state index in [4.69, 9.17) is 4.74 Å². The molecule has 0 aliphatic carbocycles. The lowest BCUT2D eigenvalue weighted by molar-refractivity contribution is -0.153. The second-order valence-corrected chi connectivity index (χ2v) is 4.18. The average Bonchev–Trinajstić information content (AvgIpc) is 2.40. The first-order chi connectivity index (χ1) is 8.93. The zero-order valence-corrected chi connectivity index (χ0v) is 11.3. The van der Waals surface area contributed by atoms with Gasteiger partial charge in [-0.1, -0.05) is 6.07 Å². The Morgan fingerprint density at radius 3 is 2.63 bits per heavy atom. The van der Waals surface area contributed by atoms with E-state index in [1.165, 1.54) is 6.07 Å². The second-order valence-electron chi connectivity index (χ2n) is 3.63. The quantitative estimate of drug-likeness (QED) is 0.642. The summed E-state index contributed by atoms with van der Waals surface area (Å²) in [5, 5.41) is 8.63. The van der Waals surface area contributed by atoms with Crippen LogP contribution in [0.5, 0.6) is 5.75 Å². The van der Waals surface area contributed by atoms with Gasteiger partial charge >= 0.3 is 5.97 Å². The van der Waals surface area contributed by atoms with Crippen LogP contribution in [-0.2, 0) is 9.53 Å². The number of halogens is 2. The minimum absolute atomic E-state index is 0.0605. The molecule has 0 saturated heterocycles. The summed E-state index contributed by atoms with van der Waals surface area (Å²) in [6.45, 7) is 1.67. The van der Waals surface area contributed by atoms with Gasteiger partial charge in [0, 0.05) is 5.56 Å². The third-order valence-corrected chi connectivity index (χ3v) is 2.99. The number of hydrogen-bond donors (Lipinski definition) is 2. The molecular weight excluding hydrogens is 278 g/mol. The van der Waals surface area contributed by atoms with Gasteiger partial charge in [0.25, 0.3) is 0 Å². The van der Waals surface area contributed by atoms with Gasteiger partial charge in [-0.15, -0.1) is 0 Å². The summed E-state index contributed by atoms with van der Waals surface area (Å²) in [5.41, 5.74) is 0.0605. The summed E-state index contributed by atoms with van der Waals surface area (Å²) in [6.07, 6.45) is -1.61. The first kappa shape index (κ1) is 15.7. The van der Waals surface area contributed by atoms with Crippen LogP contribution in [0.3, 0.4) is 0 Å². The Hall–Kier alpha value is -1.34. The number of aliphatic hydroxyl groups excluding tert-OH is 1. The normalized spacial score (nSPS) is 13.8. The van der Waals surface area contributed by atoms with Crippen LogP contribution in [0, 0.1) is 11.6 Å². The Labute approximate surface area is 114 Å². The number of rotatable bonds is 5. The Morgan fingerprint density at radius 1 is 1.47 bits per heavy atom. The van der Waals surface area contributed by atoms with E-state index >= 15 is 0 Å². The fourth-order valence-corrected chi connectivity index (χ4v) is 1.84. The van der Waals surface area contributed by atoms with Crippen LogP contribution >= 0.6 is 12.6 Å². The van der Waals surface area contributed by atoms with Crippen molar-refractivity contribution in [3.8, 4) is 5.75 Å². The highest BCUT2D eigenvalue weighted by atomic mass is 32.1. The first-order valence-electron chi connectivity index (χ1n) is 5.48. The number of thiol groups is 1. The van der Waals surface area contributed by atoms with Crippen LogP contribution in [0.15, 0.2) is 12.1 Å². The molecule has 0 aromatic heterocycles. The zero-order valence-electron chi connectivity index (χ0n) is 10.4. The van der Waals surface area contributed by atoms with Crippen molar-refractivity contribution in [3.05, 3.63) is 29.3 Å². The van der Waals surface area contributed by atoms with Gasteiger partial charge in [-0.05, 0) is 13.0 Å². The highest BCUT2D eigenvalue weighted by Gasteiger charge is 2.30. The van der Waals surface area contributed by atoms with Gasteiger partial charge in [0.1, 0.15) is 0 Å². The number of carbonyl (C=O) groups excluding carboxylic acids is 1. The Kier molecular flexibility index (Phi) is 5.56. The van der Waals surface area contributed by atoms with Crippen molar-refractivity contribution >= 4 is 18.6 Å². The molecule has 0 amide bonds. The Balaban J connectivity index is 3.09. The molecule has 7 heteroatoms. The molecule has 0 saturated carbocycles. The van der Waals surface area contributed by atoms with Crippen molar-refractivity contribution < 1.29 is 28.2 Å². The van der Waals surface area contributed by atoms with Crippen LogP contribution in [0.25, 0.3) is 0 Å². The van der Waals surface area contributed by atoms with Crippen molar-refractivity contribution in [3.63, 3.8) is 0 Å². The lowest BCUT2D eigenvalue weighted by Gasteiger charge is -2.19. The summed E-state index contributed by atoms with van der Waals surface area (Å²) < 4.78 is 35.9. The minimum Gasteiger partial charge on any atom is -0.493 e. The highest BCUT2D eigenvalue weighted by Crippen LogP contribution is 2.35. The smallest absolute Gasteiger partial charge is 0.336 e. The zero-order chi connectivity index (χ0) is 14.6. The van der Waals surface area contributed by atoms with Crippen molar-refractivity contribution in [2.75, 3.05) is 13.7 Å². The molecule has 0 aliphatic heterocycles. The van der Waals surface area contributed by atoms with Gasteiger partial charge in [-0.2, -0.15) is 17.0 Å². The van der Waals surface area contributed by atoms with E-state index in [2.05, 4.69) is 17.4 Å². The second kappa shape index (κ2) is 6.72. The van der Waals surface area contributed by atoms with E-state index in [-0.39, 0.29) is 12.2 Å². The topological polar surface area (TPSA) is 55.8 Å². The number of methoxy groups -OCH3 is 1. The molecule has 0 aliphatic rings. The molecule has 1 N–H and O–H groups in total. The maximum atomic E-state index is 13.5. The van der Waals surface area contributed by atoms with Crippen molar-refractivity contribution in [2.24, 2.45) is 0 Å². The monoisotopic (exact) mass is 292 g/mol. The molecule has 0 radical (unpaired) electrons. The number of aliphatic hydroxyl groups is 1. The molecule has 0 heterocycles. The van der Waals surface area contributed by atoms with E-state index in [1.807, 2.05) is 0 Å². The summed E-state index contributed by atoms with van der Waals surface area (Å²) in [6, 6.07) is 2.06. The van der Waals surface area contributed by atoms with Crippen molar-refractivity contribution in [1.29, 1.82) is 0 Å². The number of esters is 1. The van der Waals surface area contributed by atoms with Crippen LogP contribution in [0.4, 0.5) is 8.78 Å². The van der Waals surface area contributed by atoms with E-state index in [1.54, 1.807) is 6.92 Å². The SMILES string of the molecule is CCOC(=O)[C@H](O)[C@@H](S)c1ccc(F)c(F)c1OC. The number of hydrogen-bond acceptors (Lipinski definition) is 5. The van der Waals surface area contributed by atoms with Crippen LogP contribution in [0.2, 0.25) is 0 Å². The lowest BCUT2D eigenvalue weighted by Crippen LogP contribution is -2.27. The predicted octanol–water partition coefficient (Wildman–Crippen LogP) is 1.87. The average molecular weight is 292 g/mol. The van der Waals surface area contributed by atoms with Crippen LogP contribution in [0.1, 0.15) is 17.7 Å². The van der Waals surface area contributed by atoms with Crippen molar-refractivity contribution in [1.82, 2.24) is 0 Å². The van der Waals surface area contributed by atoms with Gasteiger partial charge in [-0.3, -0.25) is 0 Å². The molecule has 1 aromatic rings. The highest BCUT2D eigenvalue weighted by molar-refractivity contribution is 7.80. The Morgan fingerprint density at radius 2 is 2.11 bits per heavy atom. The third-order valence-electron chi connectivity index (χ3n) is 2.43. The molecule has 4 nitrogen and oxygen atoms in total. The predicted molar refractivity (Wildman–Crippen MR) is 67.3 cm³/mol. The molecule has 1 aromatic carbocycles. The van der Waals surface area contributed by atoms with Gasteiger partial charge in [0.05, 0.1) is 19.0 Å². The maximum Gasteiger partial charge on any atom is 0.336 e. The van der Waals surface area contributed by atoms with Gasteiger partial charge in [0.15, 0.2) is 17.7 Å². The molecule has 0 bridgehead atoms. The maximum absolute atomic E-state index is 13.5. The number of benzene rings is 1. The molecule has 0 spiro atoms.